The van der Waals surface area contributed by atoms with Crippen LogP contribution in [0.25, 0.3) is 137 Å². The van der Waals surface area contributed by atoms with Gasteiger partial charge in [-0.1, -0.05) is 279 Å². The van der Waals surface area contributed by atoms with E-state index in [0.29, 0.717) is 140 Å². The second-order valence-electron chi connectivity index (χ2n) is 37.6. The van der Waals surface area contributed by atoms with E-state index < -0.39 is 6.10 Å². The molecule has 750 valence electrons. The summed E-state index contributed by atoms with van der Waals surface area (Å²) in [6, 6.07) is 72.5. The lowest BCUT2D eigenvalue weighted by molar-refractivity contribution is 0.122. The van der Waals surface area contributed by atoms with Crippen LogP contribution in [0.1, 0.15) is 204 Å². The molecule has 16 rings (SSSR count). The van der Waals surface area contributed by atoms with Crippen LogP contribution in [0.2, 0.25) is 0 Å². The predicted molar refractivity (Wildman–Crippen MR) is 581 cm³/mol. The van der Waals surface area contributed by atoms with Crippen LogP contribution in [0.4, 0.5) is 0 Å². The van der Waals surface area contributed by atoms with Crippen LogP contribution in [0, 0.1) is 83.1 Å². The SMILES string of the molecule is CCCCCCCCOc1ccc(-c2nc(-c3cc(C)cc(C)c3O)nc(-c3cc(C)cc(C)c3O)n2)c(O)c1.CCCCCCCCOc1ccc(-c2nc(-c3ccc(C)cc3C)nc(-c3ccc(C)cc3C)n2)c(O)c1.CCCCCCCOc1ccc(-c2nc(-c3ccccc3)nc(-c3ccccc3)n2)c(O)c1.Cc1ccc(-c2nc(-c3ccc(C)cc3C)nc(-c3ccc(OCC(C)O)cc3O)n2)c(C)c1. The average Bonchev–Trinajstić information content (AvgIpc) is 0.808. The highest BCUT2D eigenvalue weighted by atomic mass is 16.5. The Morgan fingerprint density at radius 3 is 0.690 bits per heavy atom. The molecule has 1 unspecified atom stereocenters. The summed E-state index contributed by atoms with van der Waals surface area (Å²) in [5, 5.41) is 74.7. The molecule has 0 amide bonds. The number of nitrogens with zero attached hydrogens (tertiary/aromatic N) is 12. The van der Waals surface area contributed by atoms with Gasteiger partial charge in [-0.15, -0.1) is 0 Å². The summed E-state index contributed by atoms with van der Waals surface area (Å²) in [4.78, 5) is 56.8. The normalized spacial score (nSPS) is 11.2. The Labute approximate surface area is 853 Å². The van der Waals surface area contributed by atoms with Gasteiger partial charge in [-0.2, -0.15) is 0 Å². The first-order valence-electron chi connectivity index (χ1n) is 50.6. The molecule has 4 heterocycles. The standard InChI is InChI=1S/C33H39N3O4.C33H39N3O2.C28H29N3O3.C28H29N3O2/c1-6-7-8-9-10-11-14-40-24-12-13-25(28(37)19-24)31-34-32(26-17-20(2)15-22(4)29(26)38)36-33(35-31)27-18-21(3)16-23(5)30(27)39;1-6-7-8-9-10-11-18-38-26-14-17-29(30(37)21-26)33-35-31(27-15-12-22(2)19-24(27)4)34-32(36-33)28-16-13-23(3)20-25(28)5;1-16-6-9-22(18(3)12-16)26-29-27(23-10-7-17(2)13-19(23)4)31-28(30-26)24-11-8-21(14-25(24)33)34-15-20(5)32;1-2-3-4-5-12-19-33-23-17-18-24(25(32)20-23)28-30-26(21-13-8-6-9-14-21)29-27(31-28)22-15-10-7-11-16-22/h12-13,15-19,37-39H,6-11,14H2,1-5H3;12-17,19-21,37H,6-11,18H2,1-5H3;6-14,20,32-33H,15H2,1-5H3;6-11,13-18,20,32H,2-5,12,19H2,1H3. The van der Waals surface area contributed by atoms with Gasteiger partial charge in [-0.05, 0) is 214 Å². The number of aliphatic hydroxyl groups is 1. The van der Waals surface area contributed by atoms with E-state index in [0.717, 1.165) is 116 Å². The van der Waals surface area contributed by atoms with E-state index in [9.17, 15) is 35.7 Å². The number of unbranched alkanes of at least 4 members (excludes halogenated alkanes) is 14. The molecule has 23 nitrogen and oxygen atoms in total. The molecule has 1 atom stereocenters. The minimum atomic E-state index is -0.606. The van der Waals surface area contributed by atoms with E-state index in [-0.39, 0.29) is 58.6 Å². The Hall–Kier alpha value is -15.4. The third kappa shape index (κ3) is 29.7. The van der Waals surface area contributed by atoms with E-state index >= 15 is 0 Å². The smallest absolute Gasteiger partial charge is 0.167 e. The molecule has 0 bridgehead atoms. The second-order valence-corrected chi connectivity index (χ2v) is 37.6. The third-order valence-corrected chi connectivity index (χ3v) is 24.8. The van der Waals surface area contributed by atoms with Gasteiger partial charge in [-0.25, -0.2) is 59.8 Å². The number of ether oxygens (including phenoxy) is 4. The van der Waals surface area contributed by atoms with Crippen molar-refractivity contribution in [1.29, 1.82) is 0 Å². The largest absolute Gasteiger partial charge is 0.507 e. The highest BCUT2D eigenvalue weighted by Gasteiger charge is 2.26. The predicted octanol–water partition coefficient (Wildman–Crippen LogP) is 29.0. The van der Waals surface area contributed by atoms with Crippen molar-refractivity contribution in [3.05, 3.63) is 297 Å². The third-order valence-electron chi connectivity index (χ3n) is 24.8. The zero-order valence-corrected chi connectivity index (χ0v) is 86.5. The fourth-order valence-corrected chi connectivity index (χ4v) is 17.1. The van der Waals surface area contributed by atoms with Crippen LogP contribution < -0.4 is 18.9 Å². The lowest BCUT2D eigenvalue weighted by Crippen LogP contribution is -2.12. The van der Waals surface area contributed by atoms with Gasteiger partial charge in [0.1, 0.15) is 64.1 Å². The number of phenolic OH excluding ortho intramolecular Hbond substituents is 6. The van der Waals surface area contributed by atoms with E-state index in [1.54, 1.807) is 55.5 Å². The summed E-state index contributed by atoms with van der Waals surface area (Å²) in [5.41, 5.74) is 20.7. The maximum Gasteiger partial charge on any atom is 0.167 e. The molecular weight excluding hydrogens is 1810 g/mol. The van der Waals surface area contributed by atoms with E-state index in [1.807, 2.05) is 169 Å². The Kier molecular flexibility index (Phi) is 38.4. The van der Waals surface area contributed by atoms with Gasteiger partial charge in [0.2, 0.25) is 0 Å². The topological polar surface area (TPSA) is 333 Å². The van der Waals surface area contributed by atoms with Gasteiger partial charge in [0, 0.05) is 57.6 Å². The molecule has 0 aliphatic rings. The molecule has 145 heavy (non-hydrogen) atoms. The van der Waals surface area contributed by atoms with Crippen molar-refractivity contribution >= 4 is 0 Å². The van der Waals surface area contributed by atoms with Gasteiger partial charge in [-0.3, -0.25) is 0 Å². The quantitative estimate of drug-likeness (QED) is 0.0177. The second kappa shape index (κ2) is 52.1. The molecule has 0 saturated heterocycles. The van der Waals surface area contributed by atoms with Gasteiger partial charge >= 0.3 is 0 Å². The number of rotatable bonds is 38. The van der Waals surface area contributed by atoms with Gasteiger partial charge in [0.05, 0.1) is 59.3 Å². The van der Waals surface area contributed by atoms with Crippen molar-refractivity contribution in [2.75, 3.05) is 26.4 Å². The molecule has 12 aromatic carbocycles. The highest BCUT2D eigenvalue weighted by molar-refractivity contribution is 5.79. The Morgan fingerprint density at radius 1 is 0.214 bits per heavy atom. The summed E-state index contributed by atoms with van der Waals surface area (Å²) in [6.45, 7) is 34.3. The molecule has 0 radical (unpaired) electrons. The maximum absolute atomic E-state index is 11.0. The Bertz CT molecular complexity index is 6810. The molecule has 16 aromatic rings. The van der Waals surface area contributed by atoms with Crippen molar-refractivity contribution in [2.24, 2.45) is 0 Å². The van der Waals surface area contributed by atoms with E-state index in [2.05, 4.69) is 141 Å². The molecule has 0 saturated carbocycles. The summed E-state index contributed by atoms with van der Waals surface area (Å²) < 4.78 is 23.1. The number of hydrogen-bond acceptors (Lipinski definition) is 23. The molecule has 0 aliphatic carbocycles. The van der Waals surface area contributed by atoms with Crippen LogP contribution in [0.5, 0.6) is 57.5 Å². The maximum atomic E-state index is 11.0. The first-order valence-corrected chi connectivity index (χ1v) is 50.6. The van der Waals surface area contributed by atoms with Crippen LogP contribution in [0.3, 0.4) is 0 Å². The number of aliphatic hydroxyl groups excluding tert-OH is 1. The van der Waals surface area contributed by atoms with Crippen LogP contribution in [-0.2, 0) is 0 Å². The fourth-order valence-electron chi connectivity index (χ4n) is 17.1. The zero-order chi connectivity index (χ0) is 103. The van der Waals surface area contributed by atoms with Crippen LogP contribution in [-0.4, -0.2) is 128 Å². The fraction of sp³-hybridized carbons (Fsp3) is 0.311. The summed E-state index contributed by atoms with van der Waals surface area (Å²) in [5.74, 6) is 7.94. The highest BCUT2D eigenvalue weighted by Crippen LogP contribution is 2.43. The van der Waals surface area contributed by atoms with Crippen molar-refractivity contribution in [3.63, 3.8) is 0 Å². The average molecular weight is 1950 g/mol. The number of aryl methyl sites for hydroxylation is 12. The lowest BCUT2D eigenvalue weighted by atomic mass is 10.0. The zero-order valence-electron chi connectivity index (χ0n) is 86.5. The minimum absolute atomic E-state index is 0.00699. The van der Waals surface area contributed by atoms with Gasteiger partial charge in [0.15, 0.2) is 69.9 Å². The number of hydrogen-bond donors (Lipinski definition) is 7. The summed E-state index contributed by atoms with van der Waals surface area (Å²) >= 11 is 0. The van der Waals surface area contributed by atoms with Gasteiger partial charge in [0.25, 0.3) is 0 Å². The van der Waals surface area contributed by atoms with E-state index in [1.165, 1.54) is 87.8 Å². The number of aromatic nitrogens is 12. The molecular formula is C122H136N12O11. The van der Waals surface area contributed by atoms with Crippen LogP contribution >= 0.6 is 0 Å². The molecule has 23 heteroatoms. The van der Waals surface area contributed by atoms with Crippen molar-refractivity contribution < 1.29 is 54.7 Å². The van der Waals surface area contributed by atoms with Crippen molar-refractivity contribution in [1.82, 2.24) is 59.8 Å². The number of phenols is 6. The van der Waals surface area contributed by atoms with Gasteiger partial charge < -0.3 is 54.7 Å². The molecule has 4 aromatic heterocycles. The monoisotopic (exact) mass is 1950 g/mol. The minimum Gasteiger partial charge on any atom is -0.507 e. The number of aromatic hydroxyl groups is 6. The molecule has 0 fully saturated rings. The van der Waals surface area contributed by atoms with Crippen molar-refractivity contribution in [3.8, 4) is 194 Å². The first kappa shape index (κ1) is 107. The lowest BCUT2D eigenvalue weighted by Gasteiger charge is -2.14. The first-order chi connectivity index (χ1) is 70.0. The summed E-state index contributed by atoms with van der Waals surface area (Å²) in [6.07, 6.45) is 19.6. The molecule has 0 aliphatic heterocycles. The molecule has 0 spiro atoms. The summed E-state index contributed by atoms with van der Waals surface area (Å²) in [7, 11) is 0. The molecule has 7 N–H and O–H groups in total. The Morgan fingerprint density at radius 2 is 0.434 bits per heavy atom. The van der Waals surface area contributed by atoms with Crippen molar-refractivity contribution in [2.45, 2.75) is 226 Å². The number of benzene rings is 12. The Balaban J connectivity index is 0.000000162. The van der Waals surface area contributed by atoms with Crippen LogP contribution in [0.15, 0.2) is 231 Å². The van der Waals surface area contributed by atoms with E-state index in [4.69, 9.17) is 48.9 Å².